The molecule has 2 aromatic carbocycles. The van der Waals surface area contributed by atoms with Gasteiger partial charge in [0.1, 0.15) is 12.5 Å². The van der Waals surface area contributed by atoms with Gasteiger partial charge in [0.05, 0.1) is 6.04 Å². The lowest BCUT2D eigenvalue weighted by atomic mass is 9.86. The van der Waals surface area contributed by atoms with Crippen LogP contribution < -0.4 is 0 Å². The SMILES string of the molecule is Cc1ccc(C2C(C(=O)c3ccc(Cl)cc3)C(=O)C(=O)N2CC(=O)O)cc1. The van der Waals surface area contributed by atoms with Gasteiger partial charge >= 0.3 is 5.97 Å². The lowest BCUT2D eigenvalue weighted by molar-refractivity contribution is -0.146. The molecule has 1 heterocycles. The minimum atomic E-state index is -1.30. The third-order valence-corrected chi connectivity index (χ3v) is 4.79. The Bertz CT molecular complexity index is 920. The summed E-state index contributed by atoms with van der Waals surface area (Å²) in [6.07, 6.45) is 0. The number of carbonyl (C=O) groups is 4. The largest absolute Gasteiger partial charge is 0.480 e. The van der Waals surface area contributed by atoms with Gasteiger partial charge in [-0.25, -0.2) is 0 Å². The summed E-state index contributed by atoms with van der Waals surface area (Å²) in [7, 11) is 0. The van der Waals surface area contributed by atoms with E-state index in [-0.39, 0.29) is 5.56 Å². The molecule has 1 saturated heterocycles. The predicted octanol–water partition coefficient (Wildman–Crippen LogP) is 2.68. The number of nitrogens with zero attached hydrogens (tertiary/aromatic N) is 1. The Morgan fingerprint density at radius 2 is 1.63 bits per heavy atom. The molecule has 2 atom stereocenters. The van der Waals surface area contributed by atoms with Gasteiger partial charge in [0.25, 0.3) is 5.91 Å². The van der Waals surface area contributed by atoms with Gasteiger partial charge in [0.15, 0.2) is 5.78 Å². The van der Waals surface area contributed by atoms with Crippen LogP contribution in [-0.2, 0) is 14.4 Å². The molecule has 0 radical (unpaired) electrons. The van der Waals surface area contributed by atoms with E-state index in [2.05, 4.69) is 0 Å². The summed E-state index contributed by atoms with van der Waals surface area (Å²) in [5, 5.41) is 9.59. The van der Waals surface area contributed by atoms with Crippen LogP contribution in [-0.4, -0.2) is 40.0 Å². The summed E-state index contributed by atoms with van der Waals surface area (Å²) in [6, 6.07) is 12.0. The van der Waals surface area contributed by atoms with Crippen LogP contribution in [0.25, 0.3) is 0 Å². The van der Waals surface area contributed by atoms with Crippen molar-refractivity contribution in [3.63, 3.8) is 0 Å². The molecule has 2 unspecified atom stereocenters. The smallest absolute Gasteiger partial charge is 0.323 e. The first-order valence-electron chi connectivity index (χ1n) is 8.22. The van der Waals surface area contributed by atoms with E-state index in [0.717, 1.165) is 10.5 Å². The van der Waals surface area contributed by atoms with Crippen molar-refractivity contribution >= 4 is 35.0 Å². The molecule has 1 aliphatic heterocycles. The number of aliphatic carboxylic acids is 1. The number of ketones is 2. The van der Waals surface area contributed by atoms with Crippen molar-refractivity contribution in [2.24, 2.45) is 5.92 Å². The molecular formula is C20H16ClNO5. The van der Waals surface area contributed by atoms with E-state index in [1.54, 1.807) is 24.3 Å². The standard InChI is InChI=1S/C20H16ClNO5/c1-11-2-4-12(5-3-11)17-16(18(25)13-6-8-14(21)9-7-13)19(26)20(27)22(17)10-15(23)24/h2-9,16-17H,10H2,1H3,(H,23,24). The Morgan fingerprint density at radius 1 is 1.04 bits per heavy atom. The summed E-state index contributed by atoms with van der Waals surface area (Å²) < 4.78 is 0. The first-order valence-corrected chi connectivity index (χ1v) is 8.60. The van der Waals surface area contributed by atoms with E-state index in [9.17, 15) is 19.2 Å². The van der Waals surface area contributed by atoms with Gasteiger partial charge in [-0.05, 0) is 36.8 Å². The van der Waals surface area contributed by atoms with Crippen molar-refractivity contribution < 1.29 is 24.3 Å². The molecule has 1 amide bonds. The van der Waals surface area contributed by atoms with Crippen molar-refractivity contribution in [2.75, 3.05) is 6.54 Å². The average Bonchev–Trinajstić information content (AvgIpc) is 2.87. The van der Waals surface area contributed by atoms with Crippen LogP contribution in [0.4, 0.5) is 0 Å². The van der Waals surface area contributed by atoms with E-state index in [4.69, 9.17) is 16.7 Å². The maximum Gasteiger partial charge on any atom is 0.323 e. The van der Waals surface area contributed by atoms with Gasteiger partial charge in [0, 0.05) is 10.6 Å². The van der Waals surface area contributed by atoms with Gasteiger partial charge in [-0.2, -0.15) is 0 Å². The Kier molecular flexibility index (Phi) is 5.10. The van der Waals surface area contributed by atoms with E-state index in [1.165, 1.54) is 24.3 Å². The van der Waals surface area contributed by atoms with Gasteiger partial charge in [-0.1, -0.05) is 41.4 Å². The quantitative estimate of drug-likeness (QED) is 0.485. The zero-order valence-corrected chi connectivity index (χ0v) is 15.1. The molecule has 0 aliphatic carbocycles. The second-order valence-electron chi connectivity index (χ2n) is 6.40. The molecule has 2 aromatic rings. The number of likely N-dealkylation sites (tertiary alicyclic amines) is 1. The van der Waals surface area contributed by atoms with Gasteiger partial charge in [-0.15, -0.1) is 0 Å². The minimum Gasteiger partial charge on any atom is -0.480 e. The molecule has 27 heavy (non-hydrogen) atoms. The van der Waals surface area contributed by atoms with Gasteiger partial charge < -0.3 is 10.0 Å². The molecule has 0 saturated carbocycles. The highest BCUT2D eigenvalue weighted by molar-refractivity contribution is 6.44. The summed E-state index contributed by atoms with van der Waals surface area (Å²) in [5.74, 6) is -4.96. The Hall–Kier alpha value is -2.99. The topological polar surface area (TPSA) is 91.8 Å². The highest BCUT2D eigenvalue weighted by atomic mass is 35.5. The fourth-order valence-electron chi connectivity index (χ4n) is 3.23. The molecule has 1 aliphatic rings. The molecule has 0 spiro atoms. The zero-order chi connectivity index (χ0) is 19.7. The highest BCUT2D eigenvalue weighted by Crippen LogP contribution is 2.38. The van der Waals surface area contributed by atoms with Crippen LogP contribution in [0.5, 0.6) is 0 Å². The van der Waals surface area contributed by atoms with E-state index >= 15 is 0 Å². The maximum atomic E-state index is 13.0. The number of hydrogen-bond donors (Lipinski definition) is 1. The number of halogens is 1. The van der Waals surface area contributed by atoms with Crippen LogP contribution in [0, 0.1) is 12.8 Å². The van der Waals surface area contributed by atoms with Crippen molar-refractivity contribution in [3.8, 4) is 0 Å². The number of amides is 1. The number of aryl methyl sites for hydroxylation is 1. The predicted molar refractivity (Wildman–Crippen MR) is 97.5 cm³/mol. The molecule has 1 fully saturated rings. The summed E-state index contributed by atoms with van der Waals surface area (Å²) in [4.78, 5) is 50.2. The normalized spacial score (nSPS) is 19.4. The van der Waals surface area contributed by atoms with Crippen LogP contribution in [0.2, 0.25) is 5.02 Å². The molecule has 6 nitrogen and oxygen atoms in total. The van der Waals surface area contributed by atoms with Crippen LogP contribution in [0.15, 0.2) is 48.5 Å². The molecule has 7 heteroatoms. The van der Waals surface area contributed by atoms with Crippen molar-refractivity contribution in [3.05, 3.63) is 70.2 Å². The molecule has 0 bridgehead atoms. The monoisotopic (exact) mass is 385 g/mol. The number of rotatable bonds is 5. The summed E-state index contributed by atoms with van der Waals surface area (Å²) >= 11 is 5.84. The lowest BCUT2D eigenvalue weighted by Gasteiger charge is -2.26. The second-order valence-corrected chi connectivity index (χ2v) is 6.83. The molecular weight excluding hydrogens is 370 g/mol. The van der Waals surface area contributed by atoms with Crippen LogP contribution >= 0.6 is 11.6 Å². The Labute approximate surface area is 160 Å². The molecule has 1 N–H and O–H groups in total. The summed E-state index contributed by atoms with van der Waals surface area (Å²) in [5.41, 5.74) is 1.73. The maximum absolute atomic E-state index is 13.0. The first-order chi connectivity index (χ1) is 12.8. The second kappa shape index (κ2) is 7.32. The fourth-order valence-corrected chi connectivity index (χ4v) is 3.36. The number of carboxylic acids is 1. The number of Topliss-reactive ketones (excluding diaryl/α,β-unsaturated/α-hetero) is 2. The van der Waals surface area contributed by atoms with Crippen molar-refractivity contribution in [2.45, 2.75) is 13.0 Å². The van der Waals surface area contributed by atoms with E-state index in [1.807, 2.05) is 6.92 Å². The van der Waals surface area contributed by atoms with E-state index < -0.39 is 41.9 Å². The zero-order valence-electron chi connectivity index (χ0n) is 14.4. The Balaban J connectivity index is 2.07. The molecule has 0 aromatic heterocycles. The number of hydrogen-bond acceptors (Lipinski definition) is 4. The highest BCUT2D eigenvalue weighted by Gasteiger charge is 2.52. The molecule has 138 valence electrons. The van der Waals surface area contributed by atoms with Crippen LogP contribution in [0.1, 0.15) is 27.5 Å². The third kappa shape index (κ3) is 3.61. The number of carbonyl (C=O) groups excluding carboxylic acids is 3. The fraction of sp³-hybridized carbons (Fsp3) is 0.200. The first kappa shape index (κ1) is 18.8. The third-order valence-electron chi connectivity index (χ3n) is 4.54. The van der Waals surface area contributed by atoms with Crippen molar-refractivity contribution in [1.82, 2.24) is 4.90 Å². The average molecular weight is 386 g/mol. The summed E-state index contributed by atoms with van der Waals surface area (Å²) in [6.45, 7) is 1.22. The molecule has 3 rings (SSSR count). The van der Waals surface area contributed by atoms with Gasteiger partial charge in [0.2, 0.25) is 5.78 Å². The van der Waals surface area contributed by atoms with Crippen molar-refractivity contribution in [1.29, 1.82) is 0 Å². The van der Waals surface area contributed by atoms with Crippen LogP contribution in [0.3, 0.4) is 0 Å². The van der Waals surface area contributed by atoms with Gasteiger partial charge in [-0.3, -0.25) is 19.2 Å². The number of benzene rings is 2. The van der Waals surface area contributed by atoms with E-state index in [0.29, 0.717) is 10.6 Å². The lowest BCUT2D eigenvalue weighted by Crippen LogP contribution is -2.35. The number of carboxylic acid groups (broad SMARTS) is 1. The minimum absolute atomic E-state index is 0.236. The Morgan fingerprint density at radius 3 is 2.19 bits per heavy atom.